The molecule has 1 aliphatic rings. The van der Waals surface area contributed by atoms with E-state index in [1.54, 1.807) is 14.2 Å². The number of hydrogen-bond donors (Lipinski definition) is 1. The van der Waals surface area contributed by atoms with Crippen molar-refractivity contribution in [1.82, 2.24) is 4.90 Å². The maximum absolute atomic E-state index is 10.3. The Kier molecular flexibility index (Phi) is 7.29. The number of rotatable bonds is 8. The summed E-state index contributed by atoms with van der Waals surface area (Å²) in [7, 11) is 3.46. The standard InChI is InChI=1S/C15H31NO3/c1-15(2)7-6-14(17)13(12-15)16(9-11-19-4)8-5-10-18-3/h13-14,17H,5-12H2,1-4H3. The molecule has 114 valence electrons. The first-order chi connectivity index (χ1) is 9.00. The quantitative estimate of drug-likeness (QED) is 0.686. The van der Waals surface area contributed by atoms with Crippen molar-refractivity contribution >= 4 is 0 Å². The van der Waals surface area contributed by atoms with Crippen LogP contribution in [0.2, 0.25) is 0 Å². The summed E-state index contributed by atoms with van der Waals surface area (Å²) in [5.41, 5.74) is 0.330. The fraction of sp³-hybridized carbons (Fsp3) is 1.00. The van der Waals surface area contributed by atoms with Crippen molar-refractivity contribution in [3.8, 4) is 0 Å². The topological polar surface area (TPSA) is 41.9 Å². The van der Waals surface area contributed by atoms with Crippen LogP contribution in [0.1, 0.15) is 39.5 Å². The summed E-state index contributed by atoms with van der Waals surface area (Å²) in [6.07, 6.45) is 3.88. The molecule has 0 aromatic heterocycles. The molecule has 0 aliphatic heterocycles. The molecule has 2 atom stereocenters. The van der Waals surface area contributed by atoms with Crippen LogP contribution in [0.3, 0.4) is 0 Å². The van der Waals surface area contributed by atoms with Crippen LogP contribution in [0.5, 0.6) is 0 Å². The first kappa shape index (κ1) is 16.9. The van der Waals surface area contributed by atoms with Gasteiger partial charge in [0.05, 0.1) is 12.7 Å². The molecule has 1 rings (SSSR count). The number of aliphatic hydroxyl groups is 1. The average molecular weight is 273 g/mol. The van der Waals surface area contributed by atoms with E-state index >= 15 is 0 Å². The van der Waals surface area contributed by atoms with Gasteiger partial charge in [-0.05, 0) is 31.1 Å². The first-order valence-corrected chi connectivity index (χ1v) is 7.40. The van der Waals surface area contributed by atoms with Crippen LogP contribution in [0.15, 0.2) is 0 Å². The van der Waals surface area contributed by atoms with Crippen LogP contribution >= 0.6 is 0 Å². The molecule has 1 aliphatic carbocycles. The van der Waals surface area contributed by atoms with Crippen LogP contribution in [0.25, 0.3) is 0 Å². The Morgan fingerprint density at radius 1 is 1.16 bits per heavy atom. The summed E-state index contributed by atoms with van der Waals surface area (Å²) in [5.74, 6) is 0. The van der Waals surface area contributed by atoms with Gasteiger partial charge in [-0.25, -0.2) is 0 Å². The van der Waals surface area contributed by atoms with E-state index in [2.05, 4.69) is 18.7 Å². The Hall–Kier alpha value is -0.160. The molecule has 0 radical (unpaired) electrons. The number of methoxy groups -OCH3 is 2. The van der Waals surface area contributed by atoms with Crippen molar-refractivity contribution in [2.75, 3.05) is 40.5 Å². The maximum Gasteiger partial charge on any atom is 0.0695 e. The summed E-state index contributed by atoms with van der Waals surface area (Å²) in [6.45, 7) is 7.95. The van der Waals surface area contributed by atoms with Crippen molar-refractivity contribution in [2.45, 2.75) is 51.7 Å². The minimum Gasteiger partial charge on any atom is -0.391 e. The largest absolute Gasteiger partial charge is 0.391 e. The maximum atomic E-state index is 10.3. The third-order valence-electron chi connectivity index (χ3n) is 4.17. The van der Waals surface area contributed by atoms with Crippen molar-refractivity contribution < 1.29 is 14.6 Å². The second kappa shape index (κ2) is 8.20. The Morgan fingerprint density at radius 3 is 2.47 bits per heavy atom. The molecule has 0 aromatic rings. The highest BCUT2D eigenvalue weighted by atomic mass is 16.5. The molecule has 1 N–H and O–H groups in total. The van der Waals surface area contributed by atoms with Crippen LogP contribution in [0.4, 0.5) is 0 Å². The van der Waals surface area contributed by atoms with Crippen molar-refractivity contribution in [2.24, 2.45) is 5.41 Å². The smallest absolute Gasteiger partial charge is 0.0695 e. The molecule has 0 saturated heterocycles. The van der Waals surface area contributed by atoms with Crippen LogP contribution < -0.4 is 0 Å². The van der Waals surface area contributed by atoms with Gasteiger partial charge in [0.1, 0.15) is 0 Å². The van der Waals surface area contributed by atoms with Gasteiger partial charge >= 0.3 is 0 Å². The zero-order valence-corrected chi connectivity index (χ0v) is 13.0. The molecule has 0 bridgehead atoms. The Balaban J connectivity index is 2.59. The first-order valence-electron chi connectivity index (χ1n) is 7.40. The molecular weight excluding hydrogens is 242 g/mol. The van der Waals surface area contributed by atoms with Gasteiger partial charge in [0.15, 0.2) is 0 Å². The lowest BCUT2D eigenvalue weighted by Gasteiger charge is -2.44. The van der Waals surface area contributed by atoms with E-state index in [1.165, 1.54) is 0 Å². The van der Waals surface area contributed by atoms with Crippen molar-refractivity contribution in [1.29, 1.82) is 0 Å². The molecular formula is C15H31NO3. The van der Waals surface area contributed by atoms with Gasteiger partial charge in [-0.2, -0.15) is 0 Å². The molecule has 2 unspecified atom stereocenters. The van der Waals surface area contributed by atoms with Crippen molar-refractivity contribution in [3.63, 3.8) is 0 Å². The number of nitrogens with zero attached hydrogens (tertiary/aromatic N) is 1. The molecule has 0 spiro atoms. The Labute approximate surface area is 118 Å². The third-order valence-corrected chi connectivity index (χ3v) is 4.17. The summed E-state index contributed by atoms with van der Waals surface area (Å²) in [5, 5.41) is 10.3. The fourth-order valence-electron chi connectivity index (χ4n) is 2.97. The summed E-state index contributed by atoms with van der Waals surface area (Å²) in [6, 6.07) is 0.260. The van der Waals surface area contributed by atoms with E-state index in [-0.39, 0.29) is 12.1 Å². The zero-order chi connectivity index (χ0) is 14.3. The van der Waals surface area contributed by atoms with Gasteiger partial charge in [0.2, 0.25) is 0 Å². The molecule has 4 heteroatoms. The van der Waals surface area contributed by atoms with Gasteiger partial charge in [-0.1, -0.05) is 13.8 Å². The fourth-order valence-corrected chi connectivity index (χ4v) is 2.97. The highest BCUT2D eigenvalue weighted by Crippen LogP contribution is 2.37. The molecule has 1 fully saturated rings. The van der Waals surface area contributed by atoms with Gasteiger partial charge in [-0.15, -0.1) is 0 Å². The lowest BCUT2D eigenvalue weighted by molar-refractivity contribution is -0.0265. The van der Waals surface area contributed by atoms with Crippen LogP contribution in [0, 0.1) is 5.41 Å². The van der Waals surface area contributed by atoms with E-state index in [4.69, 9.17) is 9.47 Å². The zero-order valence-electron chi connectivity index (χ0n) is 13.0. The van der Waals surface area contributed by atoms with Gasteiger partial charge in [0, 0.05) is 40.0 Å². The summed E-state index contributed by atoms with van der Waals surface area (Å²) in [4.78, 5) is 2.38. The summed E-state index contributed by atoms with van der Waals surface area (Å²) >= 11 is 0. The predicted octanol–water partition coefficient (Wildman–Crippen LogP) is 1.91. The van der Waals surface area contributed by atoms with Gasteiger partial charge in [0.25, 0.3) is 0 Å². The van der Waals surface area contributed by atoms with Gasteiger partial charge < -0.3 is 14.6 Å². The number of aliphatic hydroxyl groups excluding tert-OH is 1. The van der Waals surface area contributed by atoms with Crippen molar-refractivity contribution in [3.05, 3.63) is 0 Å². The second-order valence-electron chi connectivity index (χ2n) is 6.42. The van der Waals surface area contributed by atoms with E-state index in [9.17, 15) is 5.11 Å². The monoisotopic (exact) mass is 273 g/mol. The van der Waals surface area contributed by atoms with E-state index < -0.39 is 0 Å². The van der Waals surface area contributed by atoms with E-state index in [1.807, 2.05) is 0 Å². The SMILES string of the molecule is COCCCN(CCOC)C1CC(C)(C)CCC1O. The Morgan fingerprint density at radius 2 is 1.84 bits per heavy atom. The lowest BCUT2D eigenvalue weighted by Crippen LogP contribution is -2.50. The molecule has 0 aromatic carbocycles. The second-order valence-corrected chi connectivity index (χ2v) is 6.42. The average Bonchev–Trinajstić information content (AvgIpc) is 2.37. The normalized spacial score (nSPS) is 26.8. The molecule has 0 amide bonds. The minimum atomic E-state index is -0.201. The molecule has 0 heterocycles. The van der Waals surface area contributed by atoms with Crippen LogP contribution in [-0.4, -0.2) is 62.7 Å². The highest BCUT2D eigenvalue weighted by molar-refractivity contribution is 4.90. The van der Waals surface area contributed by atoms with E-state index in [0.717, 1.165) is 52.0 Å². The predicted molar refractivity (Wildman–Crippen MR) is 77.4 cm³/mol. The minimum absolute atomic E-state index is 0.201. The van der Waals surface area contributed by atoms with Crippen LogP contribution in [-0.2, 0) is 9.47 Å². The number of hydrogen-bond acceptors (Lipinski definition) is 4. The summed E-state index contributed by atoms with van der Waals surface area (Å²) < 4.78 is 10.3. The van der Waals surface area contributed by atoms with Gasteiger partial charge in [-0.3, -0.25) is 4.90 Å². The Bertz CT molecular complexity index is 246. The lowest BCUT2D eigenvalue weighted by atomic mass is 9.73. The third kappa shape index (κ3) is 5.78. The molecule has 4 nitrogen and oxygen atoms in total. The molecule has 19 heavy (non-hydrogen) atoms. The van der Waals surface area contributed by atoms with E-state index in [0.29, 0.717) is 5.41 Å². The molecule has 1 saturated carbocycles. The highest BCUT2D eigenvalue weighted by Gasteiger charge is 2.36. The number of ether oxygens (including phenoxy) is 2.